The highest BCUT2D eigenvalue weighted by Gasteiger charge is 2.15. The summed E-state index contributed by atoms with van der Waals surface area (Å²) in [6.07, 6.45) is 6.50. The summed E-state index contributed by atoms with van der Waals surface area (Å²) >= 11 is 0. The van der Waals surface area contributed by atoms with Gasteiger partial charge in [0.1, 0.15) is 5.82 Å². The molecule has 1 N–H and O–H groups in total. The molecule has 0 spiro atoms. The van der Waals surface area contributed by atoms with E-state index in [4.69, 9.17) is 9.72 Å². The van der Waals surface area contributed by atoms with Crippen LogP contribution in [0.5, 0.6) is 0 Å². The Kier molecular flexibility index (Phi) is 4.88. The van der Waals surface area contributed by atoms with E-state index in [1.54, 1.807) is 6.20 Å². The average Bonchev–Trinajstić information content (AvgIpc) is 3.17. The van der Waals surface area contributed by atoms with Gasteiger partial charge < -0.3 is 10.1 Å². The molecule has 4 aromatic rings. The van der Waals surface area contributed by atoms with Gasteiger partial charge in [-0.25, -0.2) is 9.97 Å². The van der Waals surface area contributed by atoms with Crippen molar-refractivity contribution in [2.75, 3.05) is 18.5 Å². The maximum atomic E-state index is 5.41. The number of anilines is 1. The lowest BCUT2D eigenvalue weighted by atomic mass is 10.1. The number of pyridine rings is 1. The van der Waals surface area contributed by atoms with E-state index in [1.807, 2.05) is 47.0 Å². The number of nitrogens with one attached hydrogen (secondary N) is 1. The molecule has 1 aliphatic heterocycles. The van der Waals surface area contributed by atoms with Crippen LogP contribution in [0.3, 0.4) is 0 Å². The van der Waals surface area contributed by atoms with E-state index in [9.17, 15) is 0 Å². The molecule has 0 saturated carbocycles. The smallest absolute Gasteiger partial charge is 0.223 e. The van der Waals surface area contributed by atoms with Crippen molar-refractivity contribution in [1.29, 1.82) is 0 Å². The summed E-state index contributed by atoms with van der Waals surface area (Å²) < 4.78 is 7.44. The highest BCUT2D eigenvalue weighted by molar-refractivity contribution is 5.64. The fourth-order valence-electron chi connectivity index (χ4n) is 3.61. The van der Waals surface area contributed by atoms with Crippen LogP contribution in [0.2, 0.25) is 0 Å². The molecule has 0 bridgehead atoms. The summed E-state index contributed by atoms with van der Waals surface area (Å²) in [6.45, 7) is 1.57. The van der Waals surface area contributed by atoms with Gasteiger partial charge in [-0.1, -0.05) is 30.3 Å². The maximum Gasteiger partial charge on any atom is 0.223 e. The van der Waals surface area contributed by atoms with Gasteiger partial charge in [0, 0.05) is 43.6 Å². The number of ether oxygens (including phenoxy) is 1. The second-order valence-corrected chi connectivity index (χ2v) is 7.22. The summed E-state index contributed by atoms with van der Waals surface area (Å²) in [7, 11) is 0. The predicted octanol–water partition coefficient (Wildman–Crippen LogP) is 3.37. The minimum Gasteiger partial charge on any atom is -0.381 e. The summed E-state index contributed by atoms with van der Waals surface area (Å²) in [4.78, 5) is 9.07. The van der Waals surface area contributed by atoms with Crippen LogP contribution in [-0.2, 0) is 11.2 Å². The molecule has 1 saturated heterocycles. The molecular weight excluding hydrogens is 364 g/mol. The Morgan fingerprint density at radius 2 is 1.90 bits per heavy atom. The first-order chi connectivity index (χ1) is 14.3. The van der Waals surface area contributed by atoms with Crippen LogP contribution in [0, 0.1) is 0 Å². The van der Waals surface area contributed by atoms with Gasteiger partial charge in [0.05, 0.1) is 5.69 Å². The molecule has 1 aliphatic rings. The molecule has 0 radical (unpaired) electrons. The van der Waals surface area contributed by atoms with Gasteiger partial charge in [0.25, 0.3) is 0 Å². The summed E-state index contributed by atoms with van der Waals surface area (Å²) in [6, 6.07) is 16.6. The van der Waals surface area contributed by atoms with Crippen LogP contribution in [0.15, 0.2) is 60.9 Å². The quantitative estimate of drug-likeness (QED) is 0.567. The molecule has 29 heavy (non-hydrogen) atoms. The normalized spacial score (nSPS) is 14.9. The van der Waals surface area contributed by atoms with Gasteiger partial charge in [0.2, 0.25) is 5.95 Å². The first-order valence-electron chi connectivity index (χ1n) is 9.90. The lowest BCUT2D eigenvalue weighted by Gasteiger charge is -2.23. The Labute approximate surface area is 168 Å². The molecule has 7 heteroatoms. The monoisotopic (exact) mass is 386 g/mol. The van der Waals surface area contributed by atoms with Gasteiger partial charge in [-0.05, 0) is 36.6 Å². The molecule has 7 nitrogen and oxygen atoms in total. The Morgan fingerprint density at radius 1 is 1.03 bits per heavy atom. The van der Waals surface area contributed by atoms with Crippen LogP contribution in [0.4, 0.5) is 5.95 Å². The molecule has 0 unspecified atom stereocenters. The van der Waals surface area contributed by atoms with E-state index in [-0.39, 0.29) is 0 Å². The van der Waals surface area contributed by atoms with E-state index in [2.05, 4.69) is 32.6 Å². The third-order valence-corrected chi connectivity index (χ3v) is 5.19. The van der Waals surface area contributed by atoms with Crippen molar-refractivity contribution < 1.29 is 4.74 Å². The largest absolute Gasteiger partial charge is 0.381 e. The topological polar surface area (TPSA) is 77.2 Å². The number of hydrogen-bond acceptors (Lipinski definition) is 6. The molecule has 3 aromatic heterocycles. The number of hydrogen-bond donors (Lipinski definition) is 1. The van der Waals surface area contributed by atoms with Crippen molar-refractivity contribution in [1.82, 2.24) is 24.6 Å². The van der Waals surface area contributed by atoms with E-state index in [0.717, 1.165) is 55.2 Å². The van der Waals surface area contributed by atoms with E-state index >= 15 is 0 Å². The number of fused-ring (bicyclic) bond motifs is 1. The van der Waals surface area contributed by atoms with Crippen molar-refractivity contribution in [2.24, 2.45) is 0 Å². The van der Waals surface area contributed by atoms with Crippen molar-refractivity contribution in [3.8, 4) is 11.3 Å². The molecule has 5 rings (SSSR count). The number of benzene rings is 1. The molecule has 0 amide bonds. The zero-order chi connectivity index (χ0) is 19.5. The molecule has 0 atom stereocenters. The Hall–Kier alpha value is -3.32. The first-order valence-corrected chi connectivity index (χ1v) is 9.90. The fraction of sp³-hybridized carbons (Fsp3) is 0.273. The number of nitrogens with zero attached hydrogens (tertiary/aromatic N) is 5. The Balaban J connectivity index is 1.38. The minimum atomic E-state index is 0.360. The molecule has 1 fully saturated rings. The summed E-state index contributed by atoms with van der Waals surface area (Å²) in [5.41, 5.74) is 3.88. The van der Waals surface area contributed by atoms with Crippen LogP contribution in [0.25, 0.3) is 16.9 Å². The third-order valence-electron chi connectivity index (χ3n) is 5.19. The fourth-order valence-corrected chi connectivity index (χ4v) is 3.61. The number of aromatic nitrogens is 5. The van der Waals surface area contributed by atoms with Crippen molar-refractivity contribution in [3.63, 3.8) is 0 Å². The van der Waals surface area contributed by atoms with E-state index < -0.39 is 0 Å². The number of rotatable bonds is 5. The lowest BCUT2D eigenvalue weighted by molar-refractivity contribution is 0.0903. The maximum absolute atomic E-state index is 5.41. The highest BCUT2D eigenvalue weighted by atomic mass is 16.5. The molecule has 4 heterocycles. The summed E-state index contributed by atoms with van der Waals surface area (Å²) in [5.74, 6) is 1.57. The highest BCUT2D eigenvalue weighted by Crippen LogP contribution is 2.21. The third kappa shape index (κ3) is 3.95. The SMILES string of the molecule is c1ccc(Cc2nnc3cc(-c4ccnc(NC5CCOCC5)n4)ccn23)cc1. The zero-order valence-electron chi connectivity index (χ0n) is 16.0. The van der Waals surface area contributed by atoms with Crippen molar-refractivity contribution >= 4 is 11.6 Å². The van der Waals surface area contributed by atoms with Gasteiger partial charge in [-0.3, -0.25) is 4.40 Å². The average molecular weight is 386 g/mol. The van der Waals surface area contributed by atoms with Crippen LogP contribution in [0.1, 0.15) is 24.2 Å². The second kappa shape index (κ2) is 7.97. The standard InChI is InChI=1S/C22H22N6O/c1-2-4-16(5-3-1)14-20-26-27-21-15-17(7-11-28(20)21)19-6-10-23-22(25-19)24-18-8-12-29-13-9-18/h1-7,10-11,15,18H,8-9,12-14H2,(H,23,24,25). The minimum absolute atomic E-state index is 0.360. The van der Waals surface area contributed by atoms with Crippen molar-refractivity contribution in [3.05, 3.63) is 72.3 Å². The van der Waals surface area contributed by atoms with Gasteiger partial charge in [0.15, 0.2) is 5.65 Å². The molecular formula is C22H22N6O. The van der Waals surface area contributed by atoms with Crippen LogP contribution >= 0.6 is 0 Å². The lowest BCUT2D eigenvalue weighted by Crippen LogP contribution is -2.28. The first kappa shape index (κ1) is 17.8. The van der Waals surface area contributed by atoms with Gasteiger partial charge >= 0.3 is 0 Å². The molecule has 146 valence electrons. The van der Waals surface area contributed by atoms with Crippen molar-refractivity contribution in [2.45, 2.75) is 25.3 Å². The van der Waals surface area contributed by atoms with Crippen LogP contribution in [-0.4, -0.2) is 43.8 Å². The predicted molar refractivity (Wildman–Crippen MR) is 111 cm³/mol. The second-order valence-electron chi connectivity index (χ2n) is 7.22. The Bertz CT molecular complexity index is 1100. The van der Waals surface area contributed by atoms with Gasteiger partial charge in [-0.15, -0.1) is 10.2 Å². The zero-order valence-corrected chi connectivity index (χ0v) is 16.0. The van der Waals surface area contributed by atoms with E-state index in [0.29, 0.717) is 12.0 Å². The van der Waals surface area contributed by atoms with Gasteiger partial charge in [-0.2, -0.15) is 0 Å². The molecule has 1 aromatic carbocycles. The Morgan fingerprint density at radius 3 is 2.76 bits per heavy atom. The summed E-state index contributed by atoms with van der Waals surface area (Å²) in [5, 5.41) is 12.2. The van der Waals surface area contributed by atoms with Crippen LogP contribution < -0.4 is 5.32 Å². The molecule has 0 aliphatic carbocycles. The van der Waals surface area contributed by atoms with E-state index in [1.165, 1.54) is 5.56 Å².